The Morgan fingerprint density at radius 1 is 1.24 bits per heavy atom. The van der Waals surface area contributed by atoms with Crippen LogP contribution in [0.5, 0.6) is 0 Å². The van der Waals surface area contributed by atoms with Gasteiger partial charge in [-0.1, -0.05) is 18.2 Å². The number of rotatable bonds is 4. The Morgan fingerprint density at radius 3 is 2.62 bits per heavy atom. The molecular weight excluding hydrogens is 345 g/mol. The van der Waals surface area contributed by atoms with Gasteiger partial charge in [-0.3, -0.25) is 4.98 Å². The van der Waals surface area contributed by atoms with E-state index in [0.29, 0.717) is 12.0 Å². The molecule has 0 saturated heterocycles. The fourth-order valence-electron chi connectivity index (χ4n) is 2.12. The number of nitrogens with one attached hydrogen (secondary N) is 1. The molecule has 112 valence electrons. The molecule has 2 nitrogen and oxygen atoms in total. The van der Waals surface area contributed by atoms with Gasteiger partial charge in [0, 0.05) is 22.9 Å². The van der Waals surface area contributed by atoms with E-state index in [4.69, 9.17) is 0 Å². The van der Waals surface area contributed by atoms with Crippen molar-refractivity contribution in [2.75, 3.05) is 7.05 Å². The van der Waals surface area contributed by atoms with Crippen molar-refractivity contribution in [2.45, 2.75) is 18.6 Å². The van der Waals surface area contributed by atoms with Crippen molar-refractivity contribution in [3.63, 3.8) is 0 Å². The summed E-state index contributed by atoms with van der Waals surface area (Å²) in [4.78, 5) is 4.08. The molecule has 1 N–H and O–H groups in total. The smallest absolute Gasteiger partial charge is 0.313 e. The maximum Gasteiger partial charge on any atom is 0.416 e. The summed E-state index contributed by atoms with van der Waals surface area (Å²) >= 11 is 3.34. The summed E-state index contributed by atoms with van der Waals surface area (Å²) < 4.78 is 39.0. The molecule has 0 spiro atoms. The monoisotopic (exact) mass is 358 g/mol. The third-order valence-electron chi connectivity index (χ3n) is 3.17. The van der Waals surface area contributed by atoms with Crippen LogP contribution in [0.15, 0.2) is 47.2 Å². The summed E-state index contributed by atoms with van der Waals surface area (Å²) in [6, 6.07) is 7.21. The van der Waals surface area contributed by atoms with E-state index < -0.39 is 11.7 Å². The van der Waals surface area contributed by atoms with Crippen molar-refractivity contribution >= 4 is 15.9 Å². The van der Waals surface area contributed by atoms with Crippen LogP contribution >= 0.6 is 15.9 Å². The van der Waals surface area contributed by atoms with E-state index in [0.717, 1.165) is 16.1 Å². The summed E-state index contributed by atoms with van der Waals surface area (Å²) in [5.74, 6) is 0. The SMILES string of the molecule is CNC(Cc1cccc(C(F)(F)F)c1)c1cncc(Br)c1. The highest BCUT2D eigenvalue weighted by atomic mass is 79.9. The Balaban J connectivity index is 2.23. The summed E-state index contributed by atoms with van der Waals surface area (Å²) in [7, 11) is 1.78. The molecule has 1 atom stereocenters. The lowest BCUT2D eigenvalue weighted by Gasteiger charge is -2.17. The molecule has 1 heterocycles. The number of likely N-dealkylation sites (N-methyl/N-ethyl adjacent to an activating group) is 1. The number of hydrogen-bond donors (Lipinski definition) is 1. The third-order valence-corrected chi connectivity index (χ3v) is 3.60. The molecule has 0 fully saturated rings. The molecule has 1 aromatic heterocycles. The van der Waals surface area contributed by atoms with Crippen LogP contribution in [0.25, 0.3) is 0 Å². The predicted octanol–water partition coefficient (Wildman–Crippen LogP) is 4.37. The van der Waals surface area contributed by atoms with Gasteiger partial charge in [0.15, 0.2) is 0 Å². The molecule has 6 heteroatoms. The van der Waals surface area contributed by atoms with Crippen molar-refractivity contribution in [1.82, 2.24) is 10.3 Å². The van der Waals surface area contributed by atoms with E-state index in [-0.39, 0.29) is 6.04 Å². The van der Waals surface area contributed by atoms with Crippen molar-refractivity contribution in [3.8, 4) is 0 Å². The van der Waals surface area contributed by atoms with Crippen LogP contribution < -0.4 is 5.32 Å². The Bertz CT molecular complexity index is 614. The van der Waals surface area contributed by atoms with Crippen LogP contribution in [-0.4, -0.2) is 12.0 Å². The van der Waals surface area contributed by atoms with Crippen molar-refractivity contribution in [3.05, 3.63) is 63.9 Å². The second-order valence-corrected chi connectivity index (χ2v) is 5.60. The van der Waals surface area contributed by atoms with Crippen LogP contribution in [0.4, 0.5) is 13.2 Å². The zero-order chi connectivity index (χ0) is 15.5. The Hall–Kier alpha value is -1.40. The molecule has 0 aliphatic rings. The van der Waals surface area contributed by atoms with E-state index >= 15 is 0 Å². The van der Waals surface area contributed by atoms with Crippen LogP contribution in [0, 0.1) is 0 Å². The minimum atomic E-state index is -4.32. The highest BCUT2D eigenvalue weighted by molar-refractivity contribution is 9.10. The first-order chi connectivity index (χ1) is 9.90. The molecule has 2 rings (SSSR count). The van der Waals surface area contributed by atoms with Crippen molar-refractivity contribution in [2.24, 2.45) is 0 Å². The van der Waals surface area contributed by atoms with E-state index in [1.54, 1.807) is 25.5 Å². The van der Waals surface area contributed by atoms with Crippen LogP contribution in [0.1, 0.15) is 22.7 Å². The lowest BCUT2D eigenvalue weighted by Crippen LogP contribution is -2.19. The lowest BCUT2D eigenvalue weighted by molar-refractivity contribution is -0.137. The summed E-state index contributed by atoms with van der Waals surface area (Å²) in [6.07, 6.45) is -0.485. The molecule has 0 radical (unpaired) electrons. The maximum atomic E-state index is 12.7. The average molecular weight is 359 g/mol. The molecule has 2 aromatic rings. The molecule has 21 heavy (non-hydrogen) atoms. The second-order valence-electron chi connectivity index (χ2n) is 4.68. The number of alkyl halides is 3. The summed E-state index contributed by atoms with van der Waals surface area (Å²) in [5, 5.41) is 3.11. The fourth-order valence-corrected chi connectivity index (χ4v) is 2.50. The zero-order valence-corrected chi connectivity index (χ0v) is 12.9. The van der Waals surface area contributed by atoms with Crippen LogP contribution in [0.3, 0.4) is 0 Å². The topological polar surface area (TPSA) is 24.9 Å². The third kappa shape index (κ3) is 4.28. The van der Waals surface area contributed by atoms with Gasteiger partial charge >= 0.3 is 6.18 Å². The minimum absolute atomic E-state index is 0.0986. The van der Waals surface area contributed by atoms with Crippen molar-refractivity contribution in [1.29, 1.82) is 0 Å². The number of benzene rings is 1. The van der Waals surface area contributed by atoms with E-state index in [1.807, 2.05) is 6.07 Å². The average Bonchev–Trinajstić information content (AvgIpc) is 2.44. The van der Waals surface area contributed by atoms with Gasteiger partial charge in [0.2, 0.25) is 0 Å². The number of nitrogens with zero attached hydrogens (tertiary/aromatic N) is 1. The van der Waals surface area contributed by atoms with Gasteiger partial charge in [0.25, 0.3) is 0 Å². The molecule has 0 aliphatic carbocycles. The normalized spacial score (nSPS) is 13.2. The zero-order valence-electron chi connectivity index (χ0n) is 11.3. The van der Waals surface area contributed by atoms with E-state index in [1.165, 1.54) is 12.1 Å². The first-order valence-corrected chi connectivity index (χ1v) is 7.13. The maximum absolute atomic E-state index is 12.7. The van der Waals surface area contributed by atoms with Gasteiger partial charge in [-0.25, -0.2) is 0 Å². The number of pyridine rings is 1. The van der Waals surface area contributed by atoms with Gasteiger partial charge in [0.1, 0.15) is 0 Å². The molecule has 0 aliphatic heterocycles. The highest BCUT2D eigenvalue weighted by Crippen LogP contribution is 2.30. The van der Waals surface area contributed by atoms with Gasteiger partial charge in [0.05, 0.1) is 5.56 Å². The quantitative estimate of drug-likeness (QED) is 0.877. The first-order valence-electron chi connectivity index (χ1n) is 6.34. The first kappa shape index (κ1) is 16.0. The number of aromatic nitrogens is 1. The van der Waals surface area contributed by atoms with Gasteiger partial charge in [-0.05, 0) is 52.7 Å². The Morgan fingerprint density at radius 2 is 2.00 bits per heavy atom. The Kier molecular flexibility index (Phi) is 5.00. The molecular formula is C15H14BrF3N2. The molecule has 0 saturated carbocycles. The van der Waals surface area contributed by atoms with E-state index in [9.17, 15) is 13.2 Å². The number of halogens is 4. The lowest BCUT2D eigenvalue weighted by atomic mass is 9.99. The van der Waals surface area contributed by atoms with E-state index in [2.05, 4.69) is 26.2 Å². The molecule has 0 amide bonds. The predicted molar refractivity (Wildman–Crippen MR) is 78.9 cm³/mol. The minimum Gasteiger partial charge on any atom is -0.313 e. The summed E-state index contributed by atoms with van der Waals surface area (Å²) in [6.45, 7) is 0. The molecule has 1 unspecified atom stereocenters. The van der Waals surface area contributed by atoms with Gasteiger partial charge < -0.3 is 5.32 Å². The Labute approximate surface area is 129 Å². The van der Waals surface area contributed by atoms with Crippen LogP contribution in [0.2, 0.25) is 0 Å². The molecule has 1 aromatic carbocycles. The highest BCUT2D eigenvalue weighted by Gasteiger charge is 2.30. The van der Waals surface area contributed by atoms with Gasteiger partial charge in [-0.15, -0.1) is 0 Å². The second kappa shape index (κ2) is 6.58. The van der Waals surface area contributed by atoms with Gasteiger partial charge in [-0.2, -0.15) is 13.2 Å². The molecule has 0 bridgehead atoms. The van der Waals surface area contributed by atoms with Crippen molar-refractivity contribution < 1.29 is 13.2 Å². The standard InChI is InChI=1S/C15H14BrF3N2/c1-20-14(11-7-13(16)9-21-8-11)6-10-3-2-4-12(5-10)15(17,18)19/h2-5,7-9,14,20H,6H2,1H3. The fraction of sp³-hybridized carbons (Fsp3) is 0.267. The number of hydrogen-bond acceptors (Lipinski definition) is 2. The van der Waals surface area contributed by atoms with Crippen LogP contribution in [-0.2, 0) is 12.6 Å². The largest absolute Gasteiger partial charge is 0.416 e. The summed E-state index contributed by atoms with van der Waals surface area (Å²) in [5.41, 5.74) is 0.927.